The van der Waals surface area contributed by atoms with Crippen LogP contribution in [0.5, 0.6) is 0 Å². The number of carbonyl (C=O) groups excluding carboxylic acids is 3. The molecule has 1 saturated heterocycles. The molecule has 0 radical (unpaired) electrons. The number of nitrogens with one attached hydrogen (secondary N) is 2. The van der Waals surface area contributed by atoms with Crippen LogP contribution in [0.1, 0.15) is 48.9 Å². The van der Waals surface area contributed by atoms with Gasteiger partial charge in [0, 0.05) is 6.04 Å². The first-order valence-electron chi connectivity index (χ1n) is 10.4. The summed E-state index contributed by atoms with van der Waals surface area (Å²) in [5, 5.41) is 5.75. The van der Waals surface area contributed by atoms with E-state index in [1.165, 1.54) is 0 Å². The third-order valence-corrected chi connectivity index (χ3v) is 5.68. The number of amides is 4. The van der Waals surface area contributed by atoms with Crippen molar-refractivity contribution in [3.63, 3.8) is 0 Å². The molecule has 0 unspecified atom stereocenters. The van der Waals surface area contributed by atoms with Crippen molar-refractivity contribution >= 4 is 17.8 Å². The Morgan fingerprint density at radius 2 is 1.77 bits per heavy atom. The molecule has 1 fully saturated rings. The Bertz CT molecular complexity index is 957. The molecule has 2 aromatic rings. The first-order chi connectivity index (χ1) is 14.3. The summed E-state index contributed by atoms with van der Waals surface area (Å²) >= 11 is 0. The SMILES string of the molecule is CCC[C@H](C)NC(=O)CN1C(=O)N[C@](c2ccccc2)(c2ccc(C)c(C)c2)C1=O. The first kappa shape index (κ1) is 21.6. The molecule has 0 saturated carbocycles. The Hall–Kier alpha value is -3.15. The fourth-order valence-electron chi connectivity index (χ4n) is 3.91. The average Bonchev–Trinajstić information content (AvgIpc) is 2.96. The molecule has 2 N–H and O–H groups in total. The predicted molar refractivity (Wildman–Crippen MR) is 116 cm³/mol. The lowest BCUT2D eigenvalue weighted by atomic mass is 9.81. The summed E-state index contributed by atoms with van der Waals surface area (Å²) in [6.07, 6.45) is 1.77. The highest BCUT2D eigenvalue weighted by atomic mass is 16.2. The number of hydrogen-bond donors (Lipinski definition) is 2. The van der Waals surface area contributed by atoms with Crippen LogP contribution < -0.4 is 10.6 Å². The summed E-state index contributed by atoms with van der Waals surface area (Å²) < 4.78 is 0. The largest absolute Gasteiger partial charge is 0.352 e. The number of hydrogen-bond acceptors (Lipinski definition) is 3. The van der Waals surface area contributed by atoms with E-state index >= 15 is 0 Å². The molecule has 3 rings (SSSR count). The third-order valence-electron chi connectivity index (χ3n) is 5.68. The van der Waals surface area contributed by atoms with Gasteiger partial charge in [-0.25, -0.2) is 4.79 Å². The zero-order chi connectivity index (χ0) is 21.9. The van der Waals surface area contributed by atoms with Crippen molar-refractivity contribution in [3.8, 4) is 0 Å². The monoisotopic (exact) mass is 407 g/mol. The van der Waals surface area contributed by atoms with Crippen molar-refractivity contribution in [1.29, 1.82) is 0 Å². The molecule has 6 heteroatoms. The van der Waals surface area contributed by atoms with Crippen molar-refractivity contribution in [2.45, 2.75) is 52.1 Å². The highest BCUT2D eigenvalue weighted by Gasteiger charge is 2.54. The molecule has 2 atom stereocenters. The van der Waals surface area contributed by atoms with Crippen molar-refractivity contribution in [2.24, 2.45) is 0 Å². The highest BCUT2D eigenvalue weighted by molar-refractivity contribution is 6.11. The summed E-state index contributed by atoms with van der Waals surface area (Å²) in [6.45, 7) is 7.61. The first-order valence-corrected chi connectivity index (χ1v) is 10.4. The van der Waals surface area contributed by atoms with Gasteiger partial charge in [0.1, 0.15) is 6.54 Å². The van der Waals surface area contributed by atoms with E-state index in [0.717, 1.165) is 28.9 Å². The minimum absolute atomic E-state index is 0.0121. The molecule has 4 amide bonds. The Morgan fingerprint density at radius 1 is 1.07 bits per heavy atom. The van der Waals surface area contributed by atoms with Gasteiger partial charge in [0.2, 0.25) is 5.91 Å². The van der Waals surface area contributed by atoms with Gasteiger partial charge in [-0.3, -0.25) is 14.5 Å². The number of aryl methyl sites for hydroxylation is 2. The maximum Gasteiger partial charge on any atom is 0.326 e. The lowest BCUT2D eigenvalue weighted by Gasteiger charge is -2.28. The Morgan fingerprint density at radius 3 is 2.40 bits per heavy atom. The van der Waals surface area contributed by atoms with E-state index in [1.807, 2.05) is 76.2 Å². The standard InChI is InChI=1S/C24H29N3O3/c1-5-9-18(4)25-21(28)15-27-22(29)24(26-23(27)30,19-10-7-6-8-11-19)20-13-12-16(2)17(3)14-20/h6-8,10-14,18H,5,9,15H2,1-4H3,(H,25,28)(H,26,30)/t18-,24+/m0/s1. The third kappa shape index (κ3) is 3.95. The molecule has 0 bridgehead atoms. The van der Waals surface area contributed by atoms with Crippen LogP contribution in [-0.2, 0) is 15.1 Å². The van der Waals surface area contributed by atoms with E-state index < -0.39 is 17.5 Å². The van der Waals surface area contributed by atoms with E-state index in [2.05, 4.69) is 10.6 Å². The summed E-state index contributed by atoms with van der Waals surface area (Å²) in [5.74, 6) is -0.788. The van der Waals surface area contributed by atoms with Gasteiger partial charge in [0.15, 0.2) is 5.54 Å². The van der Waals surface area contributed by atoms with Gasteiger partial charge in [-0.05, 0) is 49.4 Å². The van der Waals surface area contributed by atoms with Crippen LogP contribution in [-0.4, -0.2) is 35.3 Å². The molecule has 1 aliphatic rings. The van der Waals surface area contributed by atoms with Crippen molar-refractivity contribution in [2.75, 3.05) is 6.54 Å². The minimum atomic E-state index is -1.36. The lowest BCUT2D eigenvalue weighted by molar-refractivity contribution is -0.134. The summed E-state index contributed by atoms with van der Waals surface area (Å²) in [4.78, 5) is 40.0. The number of urea groups is 1. The van der Waals surface area contributed by atoms with Crippen LogP contribution in [0.4, 0.5) is 4.79 Å². The fraction of sp³-hybridized carbons (Fsp3) is 0.375. The van der Waals surface area contributed by atoms with Gasteiger partial charge in [-0.15, -0.1) is 0 Å². The number of benzene rings is 2. The average molecular weight is 408 g/mol. The number of rotatable bonds is 7. The minimum Gasteiger partial charge on any atom is -0.352 e. The van der Waals surface area contributed by atoms with E-state index in [0.29, 0.717) is 11.1 Å². The van der Waals surface area contributed by atoms with E-state index in [1.54, 1.807) is 0 Å². The van der Waals surface area contributed by atoms with Gasteiger partial charge in [-0.2, -0.15) is 0 Å². The summed E-state index contributed by atoms with van der Waals surface area (Å²) in [5.41, 5.74) is 2.10. The second-order valence-corrected chi connectivity index (χ2v) is 7.99. The number of nitrogens with zero attached hydrogens (tertiary/aromatic N) is 1. The molecule has 1 heterocycles. The second kappa shape index (κ2) is 8.69. The van der Waals surface area contributed by atoms with Gasteiger partial charge >= 0.3 is 6.03 Å². The second-order valence-electron chi connectivity index (χ2n) is 7.99. The van der Waals surface area contributed by atoms with Crippen molar-refractivity contribution < 1.29 is 14.4 Å². The Labute approximate surface area is 177 Å². The maximum atomic E-state index is 13.6. The molecule has 2 aromatic carbocycles. The predicted octanol–water partition coefficient (Wildman–Crippen LogP) is 3.40. The molecule has 0 aromatic heterocycles. The van der Waals surface area contributed by atoms with E-state index in [4.69, 9.17) is 0 Å². The quantitative estimate of drug-likeness (QED) is 0.691. The molecule has 0 spiro atoms. The van der Waals surface area contributed by atoms with Gasteiger partial charge in [-0.1, -0.05) is 61.9 Å². The topological polar surface area (TPSA) is 78.5 Å². The van der Waals surface area contributed by atoms with Crippen molar-refractivity contribution in [1.82, 2.24) is 15.5 Å². The smallest absolute Gasteiger partial charge is 0.326 e. The molecule has 6 nitrogen and oxygen atoms in total. The van der Waals surface area contributed by atoms with Gasteiger partial charge in [0.05, 0.1) is 0 Å². The normalized spacial score (nSPS) is 19.5. The van der Waals surface area contributed by atoms with Crippen LogP contribution in [0.3, 0.4) is 0 Å². The molecule has 1 aliphatic heterocycles. The van der Waals surface area contributed by atoms with Crippen LogP contribution in [0.25, 0.3) is 0 Å². The zero-order valence-corrected chi connectivity index (χ0v) is 18.0. The molecular formula is C24H29N3O3. The highest BCUT2D eigenvalue weighted by Crippen LogP contribution is 2.36. The van der Waals surface area contributed by atoms with Crippen LogP contribution in [0.15, 0.2) is 48.5 Å². The molecule has 30 heavy (non-hydrogen) atoms. The van der Waals surface area contributed by atoms with Crippen molar-refractivity contribution in [3.05, 3.63) is 70.8 Å². The molecule has 158 valence electrons. The van der Waals surface area contributed by atoms with Crippen LogP contribution >= 0.6 is 0 Å². The zero-order valence-electron chi connectivity index (χ0n) is 18.0. The maximum absolute atomic E-state index is 13.6. The Balaban J connectivity index is 1.98. The molecule has 0 aliphatic carbocycles. The van der Waals surface area contributed by atoms with Gasteiger partial charge < -0.3 is 10.6 Å². The lowest BCUT2D eigenvalue weighted by Crippen LogP contribution is -2.46. The van der Waals surface area contributed by atoms with Gasteiger partial charge in [0.25, 0.3) is 5.91 Å². The van der Waals surface area contributed by atoms with E-state index in [-0.39, 0.29) is 18.5 Å². The molecular weight excluding hydrogens is 378 g/mol. The number of carbonyl (C=O) groups is 3. The summed E-state index contributed by atoms with van der Waals surface area (Å²) in [6, 6.07) is 14.3. The summed E-state index contributed by atoms with van der Waals surface area (Å²) in [7, 11) is 0. The fourth-order valence-corrected chi connectivity index (χ4v) is 3.91. The number of imide groups is 1. The van der Waals surface area contributed by atoms with Crippen LogP contribution in [0.2, 0.25) is 0 Å². The van der Waals surface area contributed by atoms with Crippen LogP contribution in [0, 0.1) is 13.8 Å². The Kier molecular flexibility index (Phi) is 6.25. The van der Waals surface area contributed by atoms with E-state index in [9.17, 15) is 14.4 Å².